The molecule has 2 aromatic heterocycles. The van der Waals surface area contributed by atoms with Crippen molar-refractivity contribution in [2.45, 2.75) is 33.2 Å². The smallest absolute Gasteiger partial charge is 0.260 e. The number of anilines is 1. The normalized spacial score (nSPS) is 15.0. The van der Waals surface area contributed by atoms with E-state index in [0.29, 0.717) is 17.8 Å². The Morgan fingerprint density at radius 3 is 2.50 bits per heavy atom. The minimum absolute atomic E-state index is 0.00274. The van der Waals surface area contributed by atoms with Gasteiger partial charge in [-0.1, -0.05) is 48.0 Å². The molecular formula is C27H28N4O2S. The minimum Gasteiger partial charge on any atom is -0.326 e. The number of aromatic nitrogens is 2. The van der Waals surface area contributed by atoms with Gasteiger partial charge in [0.15, 0.2) is 0 Å². The minimum atomic E-state index is -0.0861. The second kappa shape index (κ2) is 9.52. The number of likely N-dealkylation sites (tertiary alicyclic amines) is 1. The molecule has 0 spiro atoms. The van der Waals surface area contributed by atoms with E-state index in [2.05, 4.69) is 46.4 Å². The zero-order chi connectivity index (χ0) is 23.7. The van der Waals surface area contributed by atoms with Gasteiger partial charge in [-0.05, 0) is 57.5 Å². The number of rotatable bonds is 5. The van der Waals surface area contributed by atoms with Crippen LogP contribution < -0.4 is 10.9 Å². The monoisotopic (exact) mass is 472 g/mol. The summed E-state index contributed by atoms with van der Waals surface area (Å²) in [5.74, 6) is 0.765. The summed E-state index contributed by atoms with van der Waals surface area (Å²) in [7, 11) is 0. The summed E-state index contributed by atoms with van der Waals surface area (Å²) < 4.78 is 0. The Balaban J connectivity index is 1.27. The Morgan fingerprint density at radius 1 is 1.09 bits per heavy atom. The van der Waals surface area contributed by atoms with E-state index in [-0.39, 0.29) is 17.4 Å². The molecule has 0 radical (unpaired) electrons. The topological polar surface area (TPSA) is 78.1 Å². The van der Waals surface area contributed by atoms with E-state index in [4.69, 9.17) is 4.98 Å². The molecule has 1 amide bonds. The van der Waals surface area contributed by atoms with Crippen LogP contribution in [0.25, 0.3) is 21.3 Å². The third-order valence-corrected chi connectivity index (χ3v) is 7.50. The third kappa shape index (κ3) is 4.67. The van der Waals surface area contributed by atoms with Crippen LogP contribution >= 0.6 is 11.3 Å². The molecule has 34 heavy (non-hydrogen) atoms. The number of carbonyl (C=O) groups excluding carboxylic acids is 1. The molecule has 0 aliphatic carbocycles. The van der Waals surface area contributed by atoms with Crippen LogP contribution in [-0.2, 0) is 11.3 Å². The summed E-state index contributed by atoms with van der Waals surface area (Å²) in [6, 6.07) is 17.8. The van der Waals surface area contributed by atoms with Gasteiger partial charge in [0, 0.05) is 22.0 Å². The second-order valence-corrected chi connectivity index (χ2v) is 10.2. The van der Waals surface area contributed by atoms with Gasteiger partial charge >= 0.3 is 0 Å². The first kappa shape index (κ1) is 22.5. The molecule has 3 heterocycles. The third-order valence-electron chi connectivity index (χ3n) is 6.50. The number of fused-ring (bicyclic) bond motifs is 1. The lowest BCUT2D eigenvalue weighted by Gasteiger charge is -2.30. The van der Waals surface area contributed by atoms with Crippen molar-refractivity contribution in [1.82, 2.24) is 14.9 Å². The van der Waals surface area contributed by atoms with Crippen LogP contribution in [0.15, 0.2) is 59.4 Å². The number of thiophene rings is 1. The Morgan fingerprint density at radius 2 is 1.79 bits per heavy atom. The highest BCUT2D eigenvalue weighted by Crippen LogP contribution is 2.35. The average Bonchev–Trinajstić information content (AvgIpc) is 3.17. The Labute approximate surface area is 202 Å². The van der Waals surface area contributed by atoms with Crippen molar-refractivity contribution in [1.29, 1.82) is 0 Å². The van der Waals surface area contributed by atoms with Crippen molar-refractivity contribution in [2.24, 2.45) is 5.92 Å². The SMILES string of the molecule is Cc1ccc(-c2c(C)sc3nc(CN4CCC(C(=O)Nc5ccccc5)CC4)[nH]c(=O)c23)cc1. The number of para-hydroxylation sites is 1. The molecule has 1 saturated heterocycles. The predicted octanol–water partition coefficient (Wildman–Crippen LogP) is 5.12. The number of hydrogen-bond donors (Lipinski definition) is 2. The predicted molar refractivity (Wildman–Crippen MR) is 138 cm³/mol. The van der Waals surface area contributed by atoms with Crippen LogP contribution in [0.3, 0.4) is 0 Å². The van der Waals surface area contributed by atoms with Gasteiger partial charge in [-0.2, -0.15) is 0 Å². The molecule has 4 aromatic rings. The molecule has 5 rings (SSSR count). The molecule has 1 fully saturated rings. The van der Waals surface area contributed by atoms with Crippen LogP contribution in [0, 0.1) is 19.8 Å². The molecular weight excluding hydrogens is 444 g/mol. The van der Waals surface area contributed by atoms with Gasteiger partial charge in [0.2, 0.25) is 5.91 Å². The molecule has 1 aliphatic rings. The van der Waals surface area contributed by atoms with E-state index in [1.165, 1.54) is 5.56 Å². The highest BCUT2D eigenvalue weighted by atomic mass is 32.1. The van der Waals surface area contributed by atoms with Gasteiger partial charge in [0.25, 0.3) is 5.56 Å². The first-order chi connectivity index (χ1) is 16.5. The highest BCUT2D eigenvalue weighted by molar-refractivity contribution is 7.19. The lowest BCUT2D eigenvalue weighted by atomic mass is 9.96. The fourth-order valence-corrected chi connectivity index (χ4v) is 5.70. The summed E-state index contributed by atoms with van der Waals surface area (Å²) in [6.45, 7) is 6.28. The zero-order valence-electron chi connectivity index (χ0n) is 19.4. The number of nitrogens with one attached hydrogen (secondary N) is 2. The van der Waals surface area contributed by atoms with Crippen LogP contribution in [0.2, 0.25) is 0 Å². The molecule has 0 unspecified atom stereocenters. The number of H-pyrrole nitrogens is 1. The fraction of sp³-hybridized carbons (Fsp3) is 0.296. The number of hydrogen-bond acceptors (Lipinski definition) is 5. The number of carbonyl (C=O) groups is 1. The number of aromatic amines is 1. The fourth-order valence-electron chi connectivity index (χ4n) is 4.64. The number of benzene rings is 2. The lowest BCUT2D eigenvalue weighted by molar-refractivity contribution is -0.121. The number of aryl methyl sites for hydroxylation is 2. The van der Waals surface area contributed by atoms with Crippen LogP contribution in [0.1, 0.15) is 29.1 Å². The van der Waals surface area contributed by atoms with E-state index in [1.54, 1.807) is 11.3 Å². The molecule has 174 valence electrons. The van der Waals surface area contributed by atoms with E-state index in [9.17, 15) is 9.59 Å². The van der Waals surface area contributed by atoms with E-state index < -0.39 is 0 Å². The van der Waals surface area contributed by atoms with Crippen LogP contribution in [0.5, 0.6) is 0 Å². The van der Waals surface area contributed by atoms with Crippen molar-refractivity contribution in [3.63, 3.8) is 0 Å². The number of nitrogens with zero attached hydrogens (tertiary/aromatic N) is 2. The van der Waals surface area contributed by atoms with Gasteiger partial charge in [-0.25, -0.2) is 4.98 Å². The van der Waals surface area contributed by atoms with E-state index >= 15 is 0 Å². The summed E-state index contributed by atoms with van der Waals surface area (Å²) in [5, 5.41) is 3.68. The van der Waals surface area contributed by atoms with Crippen molar-refractivity contribution >= 4 is 33.1 Å². The van der Waals surface area contributed by atoms with Gasteiger partial charge in [0.05, 0.1) is 11.9 Å². The molecule has 7 heteroatoms. The van der Waals surface area contributed by atoms with Gasteiger partial charge in [0.1, 0.15) is 10.7 Å². The highest BCUT2D eigenvalue weighted by Gasteiger charge is 2.26. The van der Waals surface area contributed by atoms with Crippen molar-refractivity contribution in [3.8, 4) is 11.1 Å². The molecule has 2 N–H and O–H groups in total. The second-order valence-electron chi connectivity index (χ2n) is 9.00. The average molecular weight is 473 g/mol. The summed E-state index contributed by atoms with van der Waals surface area (Å²) >= 11 is 1.57. The van der Waals surface area contributed by atoms with E-state index in [0.717, 1.165) is 52.5 Å². The maximum Gasteiger partial charge on any atom is 0.260 e. The van der Waals surface area contributed by atoms with Crippen LogP contribution in [0.4, 0.5) is 5.69 Å². The standard InChI is InChI=1S/C27H28N4O2S/c1-17-8-10-19(11-9-17)23-18(2)34-27-24(23)26(33)29-22(30-27)16-31-14-12-20(13-15-31)25(32)28-21-6-4-3-5-7-21/h3-11,20H,12-16H2,1-2H3,(H,28,32)(H,29,30,33). The molecule has 6 nitrogen and oxygen atoms in total. The Hall–Kier alpha value is -3.29. The quantitative estimate of drug-likeness (QED) is 0.423. The molecule has 0 saturated carbocycles. The van der Waals surface area contributed by atoms with E-state index in [1.807, 2.05) is 37.3 Å². The maximum atomic E-state index is 13.1. The lowest BCUT2D eigenvalue weighted by Crippen LogP contribution is -2.38. The molecule has 0 atom stereocenters. The largest absolute Gasteiger partial charge is 0.326 e. The molecule has 1 aliphatic heterocycles. The molecule has 2 aromatic carbocycles. The summed E-state index contributed by atoms with van der Waals surface area (Å²) in [5.41, 5.74) is 3.96. The number of piperidine rings is 1. The van der Waals surface area contributed by atoms with Gasteiger partial charge in [-0.15, -0.1) is 11.3 Å². The Kier molecular flexibility index (Phi) is 6.30. The maximum absolute atomic E-state index is 13.1. The first-order valence-corrected chi connectivity index (χ1v) is 12.5. The van der Waals surface area contributed by atoms with Gasteiger partial charge < -0.3 is 10.3 Å². The van der Waals surface area contributed by atoms with Crippen molar-refractivity contribution < 1.29 is 4.79 Å². The van der Waals surface area contributed by atoms with Crippen molar-refractivity contribution in [3.05, 3.63) is 81.2 Å². The Bertz CT molecular complexity index is 1370. The number of amides is 1. The zero-order valence-corrected chi connectivity index (χ0v) is 20.2. The summed E-state index contributed by atoms with van der Waals surface area (Å²) in [6.07, 6.45) is 1.58. The molecule has 0 bridgehead atoms. The van der Waals surface area contributed by atoms with Gasteiger partial charge in [-0.3, -0.25) is 14.5 Å². The van der Waals surface area contributed by atoms with Crippen LogP contribution in [-0.4, -0.2) is 33.9 Å². The first-order valence-electron chi connectivity index (χ1n) is 11.7. The summed E-state index contributed by atoms with van der Waals surface area (Å²) in [4.78, 5) is 37.6. The van der Waals surface area contributed by atoms with Crippen molar-refractivity contribution in [2.75, 3.05) is 18.4 Å².